The Balaban J connectivity index is 1.39. The number of amides is 2. The summed E-state index contributed by atoms with van der Waals surface area (Å²) in [6.45, 7) is 5.07. The molecule has 1 aromatic carbocycles. The SMILES string of the molecule is COc1cc(C=O)cc2c1O[C@@H]1[C@@H](O)[C@H](N(C[C@@H]3CC[C@H]4C[C@@H]3C4(C)C)C(=O)CC3CCCC3)C=C(C(=O)NCCO)[C@H]21. The van der Waals surface area contributed by atoms with E-state index in [4.69, 9.17) is 9.47 Å². The van der Waals surface area contributed by atoms with Crippen LogP contribution >= 0.6 is 0 Å². The molecule has 4 fully saturated rings. The van der Waals surface area contributed by atoms with Crippen molar-refractivity contribution in [3.8, 4) is 11.5 Å². The number of hydrogen-bond acceptors (Lipinski definition) is 7. The lowest BCUT2D eigenvalue weighted by atomic mass is 9.45. The van der Waals surface area contributed by atoms with Gasteiger partial charge in [0, 0.05) is 36.2 Å². The van der Waals surface area contributed by atoms with Crippen molar-refractivity contribution in [2.75, 3.05) is 26.8 Å². The summed E-state index contributed by atoms with van der Waals surface area (Å²) in [4.78, 5) is 41.5. The highest BCUT2D eigenvalue weighted by molar-refractivity contribution is 5.96. The van der Waals surface area contributed by atoms with E-state index in [-0.39, 0.29) is 24.5 Å². The number of methoxy groups -OCH3 is 1. The molecule has 7 rings (SSSR count). The number of hydrogen-bond donors (Lipinski definition) is 3. The zero-order valence-corrected chi connectivity index (χ0v) is 25.6. The third kappa shape index (κ3) is 5.26. The maximum atomic E-state index is 14.2. The van der Waals surface area contributed by atoms with Crippen LogP contribution in [0.1, 0.15) is 87.1 Å². The first-order valence-corrected chi connectivity index (χ1v) is 16.1. The predicted molar refractivity (Wildman–Crippen MR) is 160 cm³/mol. The average Bonchev–Trinajstić information content (AvgIpc) is 3.67. The molecule has 1 aliphatic heterocycles. The molecule has 7 atom stereocenters. The first-order chi connectivity index (χ1) is 20.7. The molecule has 3 N–H and O–H groups in total. The number of carbonyl (C=O) groups is 3. The van der Waals surface area contributed by atoms with E-state index >= 15 is 0 Å². The van der Waals surface area contributed by atoms with Gasteiger partial charge in [-0.25, -0.2) is 0 Å². The number of nitrogens with zero attached hydrogens (tertiary/aromatic N) is 1. The number of carbonyl (C=O) groups excluding carboxylic acids is 3. The molecule has 1 heterocycles. The van der Waals surface area contributed by atoms with Crippen LogP contribution in [0.25, 0.3) is 0 Å². The molecular weight excluding hydrogens is 548 g/mol. The molecule has 4 saturated carbocycles. The van der Waals surface area contributed by atoms with Crippen molar-refractivity contribution >= 4 is 18.1 Å². The molecule has 0 saturated heterocycles. The highest BCUT2D eigenvalue weighted by Crippen LogP contribution is 2.61. The summed E-state index contributed by atoms with van der Waals surface area (Å²) in [6, 6.07) is 2.50. The second kappa shape index (κ2) is 11.9. The highest BCUT2D eigenvalue weighted by atomic mass is 16.5. The predicted octanol–water partition coefficient (Wildman–Crippen LogP) is 3.61. The summed E-state index contributed by atoms with van der Waals surface area (Å²) >= 11 is 0. The zero-order chi connectivity index (χ0) is 30.5. The third-order valence-corrected chi connectivity index (χ3v) is 11.5. The van der Waals surface area contributed by atoms with E-state index in [1.54, 1.807) is 18.2 Å². The fourth-order valence-corrected chi connectivity index (χ4v) is 8.96. The Hall–Kier alpha value is -2.91. The smallest absolute Gasteiger partial charge is 0.247 e. The quantitative estimate of drug-likeness (QED) is 0.354. The molecular formula is C34H46N2O7. The number of fused-ring (bicyclic) bond motifs is 5. The van der Waals surface area contributed by atoms with Crippen LogP contribution in [0, 0.1) is 29.1 Å². The maximum absolute atomic E-state index is 14.2. The molecule has 0 aromatic heterocycles. The number of aliphatic hydroxyl groups is 2. The zero-order valence-electron chi connectivity index (χ0n) is 25.6. The van der Waals surface area contributed by atoms with Gasteiger partial charge in [0.15, 0.2) is 11.5 Å². The Labute approximate surface area is 254 Å². The lowest BCUT2D eigenvalue weighted by Crippen LogP contribution is -2.59. The fraction of sp³-hybridized carbons (Fsp3) is 0.676. The number of rotatable bonds is 10. The van der Waals surface area contributed by atoms with Crippen LogP contribution in [-0.2, 0) is 9.59 Å². The summed E-state index contributed by atoms with van der Waals surface area (Å²) < 4.78 is 11.9. The number of nitrogens with one attached hydrogen (secondary N) is 1. The lowest BCUT2D eigenvalue weighted by molar-refractivity contribution is -0.147. The van der Waals surface area contributed by atoms with Crippen molar-refractivity contribution in [2.24, 2.45) is 29.1 Å². The fourth-order valence-electron chi connectivity index (χ4n) is 8.96. The van der Waals surface area contributed by atoms with E-state index < -0.39 is 30.1 Å². The van der Waals surface area contributed by atoms with E-state index in [1.807, 2.05) is 4.90 Å². The first kappa shape index (κ1) is 30.1. The van der Waals surface area contributed by atoms with Gasteiger partial charge >= 0.3 is 0 Å². The largest absolute Gasteiger partial charge is 0.493 e. The van der Waals surface area contributed by atoms with Crippen molar-refractivity contribution in [3.63, 3.8) is 0 Å². The highest BCUT2D eigenvalue weighted by Gasteiger charge is 2.56. The molecule has 234 valence electrons. The van der Waals surface area contributed by atoms with Crippen molar-refractivity contribution < 1.29 is 34.1 Å². The number of benzene rings is 1. The van der Waals surface area contributed by atoms with Crippen molar-refractivity contribution in [1.29, 1.82) is 0 Å². The Bertz CT molecular complexity index is 1280. The second-order valence-electron chi connectivity index (χ2n) is 14.0. The van der Waals surface area contributed by atoms with E-state index in [2.05, 4.69) is 19.2 Å². The lowest BCUT2D eigenvalue weighted by Gasteiger charge is -2.61. The first-order valence-electron chi connectivity index (χ1n) is 16.1. The van der Waals surface area contributed by atoms with Crippen molar-refractivity contribution in [1.82, 2.24) is 10.2 Å². The van der Waals surface area contributed by atoms with Crippen LogP contribution in [-0.4, -0.2) is 78.3 Å². The van der Waals surface area contributed by atoms with Gasteiger partial charge in [-0.15, -0.1) is 0 Å². The van der Waals surface area contributed by atoms with E-state index in [9.17, 15) is 24.6 Å². The summed E-state index contributed by atoms with van der Waals surface area (Å²) in [6.07, 6.45) is 8.71. The Morgan fingerprint density at radius 2 is 1.95 bits per heavy atom. The van der Waals surface area contributed by atoms with Gasteiger partial charge in [-0.3, -0.25) is 14.4 Å². The Morgan fingerprint density at radius 3 is 2.60 bits per heavy atom. The molecule has 43 heavy (non-hydrogen) atoms. The molecule has 9 nitrogen and oxygen atoms in total. The molecule has 6 aliphatic rings. The van der Waals surface area contributed by atoms with Gasteiger partial charge in [-0.1, -0.05) is 26.7 Å². The molecule has 0 unspecified atom stereocenters. The van der Waals surface area contributed by atoms with Crippen LogP contribution in [0.5, 0.6) is 11.5 Å². The van der Waals surface area contributed by atoms with Crippen molar-refractivity contribution in [3.05, 3.63) is 34.9 Å². The molecule has 5 aliphatic carbocycles. The minimum atomic E-state index is -1.10. The van der Waals surface area contributed by atoms with Gasteiger partial charge in [0.25, 0.3) is 0 Å². The normalized spacial score (nSPS) is 32.0. The van der Waals surface area contributed by atoms with E-state index in [0.29, 0.717) is 65.2 Å². The van der Waals surface area contributed by atoms with Crippen LogP contribution < -0.4 is 14.8 Å². The van der Waals surface area contributed by atoms with E-state index in [1.165, 1.54) is 13.5 Å². The minimum absolute atomic E-state index is 0.0244. The monoisotopic (exact) mass is 594 g/mol. The molecule has 9 heteroatoms. The minimum Gasteiger partial charge on any atom is -0.493 e. The summed E-state index contributed by atoms with van der Waals surface area (Å²) in [5.74, 6) is 1.64. The van der Waals surface area contributed by atoms with Gasteiger partial charge in [0.2, 0.25) is 11.8 Å². The van der Waals surface area contributed by atoms with E-state index in [0.717, 1.165) is 44.4 Å². The number of ether oxygens (including phenoxy) is 2. The molecule has 1 aromatic rings. The summed E-state index contributed by atoms with van der Waals surface area (Å²) in [5.41, 5.74) is 1.57. The van der Waals surface area contributed by atoms with Gasteiger partial charge in [-0.2, -0.15) is 0 Å². The second-order valence-corrected chi connectivity index (χ2v) is 14.0. The van der Waals surface area contributed by atoms with Crippen LogP contribution in [0.4, 0.5) is 0 Å². The van der Waals surface area contributed by atoms with Crippen LogP contribution in [0.15, 0.2) is 23.8 Å². The standard InChI is InChI=1S/C34H46N2O7/c1-34(2)22-9-8-21(25(34)15-22)17-36(28(39)14-19-6-4-5-7-19)26-16-24(33(41)35-10-11-37)29-23-12-20(18-38)13-27(42-3)31(23)43-32(29)30(26)40/h12-13,16,18-19,21-22,25-26,29-30,32,37,40H,4-11,14-15,17H2,1-3H3,(H,35,41)/t21-,22-,25-,26+,29-,30-,32-/m0/s1. The number of aldehydes is 1. The third-order valence-electron chi connectivity index (χ3n) is 11.5. The summed E-state index contributed by atoms with van der Waals surface area (Å²) in [7, 11) is 1.49. The molecule has 0 spiro atoms. The summed E-state index contributed by atoms with van der Waals surface area (Å²) in [5, 5.41) is 24.2. The van der Waals surface area contributed by atoms with Crippen molar-refractivity contribution in [2.45, 2.75) is 89.4 Å². The van der Waals surface area contributed by atoms with Gasteiger partial charge in [-0.05, 0) is 79.4 Å². The number of aliphatic hydroxyl groups excluding tert-OH is 2. The van der Waals surface area contributed by atoms with Gasteiger partial charge in [0.1, 0.15) is 18.5 Å². The maximum Gasteiger partial charge on any atom is 0.247 e. The molecule has 2 amide bonds. The van der Waals surface area contributed by atoms with Gasteiger partial charge in [0.05, 0.1) is 25.7 Å². The van der Waals surface area contributed by atoms with Gasteiger partial charge < -0.3 is 29.9 Å². The topological polar surface area (TPSA) is 125 Å². The Morgan fingerprint density at radius 1 is 1.19 bits per heavy atom. The molecule has 2 bridgehead atoms. The van der Waals surface area contributed by atoms with Crippen LogP contribution in [0.3, 0.4) is 0 Å². The van der Waals surface area contributed by atoms with Crippen LogP contribution in [0.2, 0.25) is 0 Å². The molecule has 0 radical (unpaired) electrons. The Kier molecular flexibility index (Phi) is 8.33. The average molecular weight is 595 g/mol.